The van der Waals surface area contributed by atoms with Crippen LogP contribution in [0.4, 0.5) is 5.69 Å². The van der Waals surface area contributed by atoms with Crippen LogP contribution in [0.25, 0.3) is 0 Å². The van der Waals surface area contributed by atoms with E-state index >= 15 is 0 Å². The van der Waals surface area contributed by atoms with E-state index in [4.69, 9.17) is 23.8 Å². The number of nitrogens with zero attached hydrogens (tertiary/aromatic N) is 3. The van der Waals surface area contributed by atoms with Crippen molar-refractivity contribution in [2.24, 2.45) is 7.05 Å². The first-order chi connectivity index (χ1) is 13.4. The van der Waals surface area contributed by atoms with Gasteiger partial charge in [-0.3, -0.25) is 4.98 Å². The summed E-state index contributed by atoms with van der Waals surface area (Å²) in [5.74, 6) is 0.130. The highest BCUT2D eigenvalue weighted by Gasteiger charge is 2.42. The van der Waals surface area contributed by atoms with E-state index < -0.39 is 0 Å². The molecule has 0 unspecified atom stereocenters. The van der Waals surface area contributed by atoms with Gasteiger partial charge in [-0.25, -0.2) is 0 Å². The van der Waals surface area contributed by atoms with E-state index in [0.29, 0.717) is 15.8 Å². The second-order valence-corrected chi connectivity index (χ2v) is 7.84. The van der Waals surface area contributed by atoms with Crippen molar-refractivity contribution in [1.82, 2.24) is 14.9 Å². The number of nitrogens with one attached hydrogen (secondary N) is 1. The van der Waals surface area contributed by atoms with Crippen molar-refractivity contribution in [2.75, 3.05) is 4.90 Å². The van der Waals surface area contributed by atoms with Gasteiger partial charge < -0.3 is 19.9 Å². The van der Waals surface area contributed by atoms with E-state index in [1.165, 1.54) is 0 Å². The number of hydrogen-bond donors (Lipinski definition) is 2. The van der Waals surface area contributed by atoms with Gasteiger partial charge in [0.2, 0.25) is 0 Å². The summed E-state index contributed by atoms with van der Waals surface area (Å²) >= 11 is 11.9. The normalized spacial score (nSPS) is 19.1. The SMILES string of the molecule is Cc1cc([C@@H]2[C@H](c3ccccn3)NC(=S)N2c2cc(Cl)ccc2O)c(C)n1C. The molecule has 0 aliphatic carbocycles. The maximum Gasteiger partial charge on any atom is 0.174 e. The fourth-order valence-corrected chi connectivity index (χ4v) is 4.31. The summed E-state index contributed by atoms with van der Waals surface area (Å²) in [7, 11) is 2.05. The minimum Gasteiger partial charge on any atom is -0.506 e. The average molecular weight is 413 g/mol. The molecule has 1 aliphatic rings. The molecule has 1 fully saturated rings. The molecule has 0 bridgehead atoms. The van der Waals surface area contributed by atoms with Crippen LogP contribution in [0.5, 0.6) is 5.75 Å². The van der Waals surface area contributed by atoms with E-state index in [-0.39, 0.29) is 17.8 Å². The van der Waals surface area contributed by atoms with Crippen LogP contribution in [0.2, 0.25) is 5.02 Å². The fourth-order valence-electron chi connectivity index (χ4n) is 3.80. The first-order valence-electron chi connectivity index (χ1n) is 9.00. The highest BCUT2D eigenvalue weighted by Crippen LogP contribution is 2.46. The minimum absolute atomic E-state index is 0.130. The van der Waals surface area contributed by atoms with Gasteiger partial charge in [-0.1, -0.05) is 17.7 Å². The lowest BCUT2D eigenvalue weighted by atomic mass is 9.96. The van der Waals surface area contributed by atoms with Gasteiger partial charge >= 0.3 is 0 Å². The molecular formula is C21H21ClN4OS. The summed E-state index contributed by atoms with van der Waals surface area (Å²) in [6, 6.07) is 12.7. The van der Waals surface area contributed by atoms with E-state index in [0.717, 1.165) is 22.6 Å². The number of phenolic OH excluding ortho intramolecular Hbond substituents is 1. The van der Waals surface area contributed by atoms with Gasteiger partial charge in [-0.05, 0) is 68.0 Å². The summed E-state index contributed by atoms with van der Waals surface area (Å²) in [6.07, 6.45) is 1.78. The van der Waals surface area contributed by atoms with Gasteiger partial charge in [0.1, 0.15) is 5.75 Å². The number of pyridine rings is 1. The van der Waals surface area contributed by atoms with Crippen molar-refractivity contribution < 1.29 is 5.11 Å². The molecule has 0 amide bonds. The quantitative estimate of drug-likeness (QED) is 0.617. The Kier molecular flexibility index (Phi) is 4.77. The summed E-state index contributed by atoms with van der Waals surface area (Å²) in [5, 5.41) is 15.0. The van der Waals surface area contributed by atoms with Crippen molar-refractivity contribution in [3.05, 3.63) is 76.3 Å². The maximum atomic E-state index is 10.6. The molecular weight excluding hydrogens is 392 g/mol. The Morgan fingerprint density at radius 3 is 2.61 bits per heavy atom. The number of anilines is 1. The molecule has 4 rings (SSSR count). The Labute approximate surface area is 174 Å². The number of aryl methyl sites for hydroxylation is 1. The number of phenols is 1. The summed E-state index contributed by atoms with van der Waals surface area (Å²) < 4.78 is 2.15. The van der Waals surface area contributed by atoms with Gasteiger partial charge in [-0.15, -0.1) is 0 Å². The molecule has 1 saturated heterocycles. The van der Waals surface area contributed by atoms with Gasteiger partial charge in [0, 0.05) is 29.7 Å². The van der Waals surface area contributed by atoms with Crippen molar-refractivity contribution in [2.45, 2.75) is 25.9 Å². The number of hydrogen-bond acceptors (Lipinski definition) is 3. The Hall–Kier alpha value is -2.57. The first kappa shape index (κ1) is 18.8. The molecule has 0 spiro atoms. The second kappa shape index (κ2) is 7.11. The van der Waals surface area contributed by atoms with E-state index in [1.54, 1.807) is 24.4 Å². The molecule has 28 heavy (non-hydrogen) atoms. The third kappa shape index (κ3) is 3.02. The number of aromatic nitrogens is 2. The number of halogens is 1. The van der Waals surface area contributed by atoms with Crippen molar-refractivity contribution >= 4 is 34.6 Å². The largest absolute Gasteiger partial charge is 0.506 e. The molecule has 3 aromatic rings. The second-order valence-electron chi connectivity index (χ2n) is 7.02. The van der Waals surface area contributed by atoms with Crippen LogP contribution in [0.15, 0.2) is 48.7 Å². The van der Waals surface area contributed by atoms with Crippen LogP contribution in [0.3, 0.4) is 0 Å². The maximum absolute atomic E-state index is 10.6. The Balaban J connectivity index is 1.92. The molecule has 1 aromatic carbocycles. The number of benzene rings is 1. The zero-order valence-electron chi connectivity index (χ0n) is 15.8. The molecule has 2 N–H and O–H groups in total. The lowest BCUT2D eigenvalue weighted by Gasteiger charge is -2.28. The highest BCUT2D eigenvalue weighted by molar-refractivity contribution is 7.80. The standard InChI is InChI=1S/C21H21ClN4OS/c1-12-10-15(13(2)25(12)3)20-19(16-6-4-5-9-23-16)24-21(28)26(20)17-11-14(22)7-8-18(17)27/h4-11,19-20,27H,1-3H3,(H,24,28)/t19-,20+/m0/s1. The van der Waals surface area contributed by atoms with Crippen LogP contribution in [0, 0.1) is 13.8 Å². The van der Waals surface area contributed by atoms with Gasteiger partial charge in [0.05, 0.1) is 23.5 Å². The summed E-state index contributed by atoms with van der Waals surface area (Å²) in [6.45, 7) is 4.17. The predicted octanol–water partition coefficient (Wildman–Crippen LogP) is 4.57. The topological polar surface area (TPSA) is 53.3 Å². The zero-order chi connectivity index (χ0) is 20.0. The highest BCUT2D eigenvalue weighted by atomic mass is 35.5. The molecule has 0 radical (unpaired) electrons. The molecule has 1 aliphatic heterocycles. The molecule has 2 aromatic heterocycles. The number of aromatic hydroxyl groups is 1. The van der Waals surface area contributed by atoms with Crippen molar-refractivity contribution in [3.8, 4) is 5.75 Å². The molecule has 0 saturated carbocycles. The lowest BCUT2D eigenvalue weighted by molar-refractivity contribution is 0.472. The monoisotopic (exact) mass is 412 g/mol. The van der Waals surface area contributed by atoms with E-state index in [1.807, 2.05) is 30.1 Å². The molecule has 5 nitrogen and oxygen atoms in total. The van der Waals surface area contributed by atoms with Crippen LogP contribution in [-0.4, -0.2) is 19.8 Å². The molecule has 3 heterocycles. The average Bonchev–Trinajstić information content (AvgIpc) is 3.15. The van der Waals surface area contributed by atoms with Gasteiger partial charge in [0.25, 0.3) is 0 Å². The molecule has 144 valence electrons. The third-order valence-electron chi connectivity index (χ3n) is 5.43. The predicted molar refractivity (Wildman–Crippen MR) is 116 cm³/mol. The zero-order valence-corrected chi connectivity index (χ0v) is 17.4. The van der Waals surface area contributed by atoms with Gasteiger partial charge in [0.15, 0.2) is 5.11 Å². The summed E-state index contributed by atoms with van der Waals surface area (Å²) in [5.41, 5.74) is 4.89. The Morgan fingerprint density at radius 1 is 1.18 bits per heavy atom. The summed E-state index contributed by atoms with van der Waals surface area (Å²) in [4.78, 5) is 6.50. The van der Waals surface area contributed by atoms with E-state index in [2.05, 4.69) is 34.8 Å². The van der Waals surface area contributed by atoms with Crippen LogP contribution in [0.1, 0.15) is 34.7 Å². The Morgan fingerprint density at radius 2 is 1.96 bits per heavy atom. The first-order valence-corrected chi connectivity index (χ1v) is 9.79. The molecule has 7 heteroatoms. The lowest BCUT2D eigenvalue weighted by Crippen LogP contribution is -2.29. The Bertz CT molecular complexity index is 1050. The van der Waals surface area contributed by atoms with Crippen molar-refractivity contribution in [1.29, 1.82) is 0 Å². The smallest absolute Gasteiger partial charge is 0.174 e. The number of thiocarbonyl (C=S) groups is 1. The minimum atomic E-state index is -0.174. The van der Waals surface area contributed by atoms with Crippen LogP contribution in [-0.2, 0) is 7.05 Å². The van der Waals surface area contributed by atoms with Gasteiger partial charge in [-0.2, -0.15) is 0 Å². The third-order valence-corrected chi connectivity index (χ3v) is 5.98. The fraction of sp³-hybridized carbons (Fsp3) is 0.238. The molecule has 2 atom stereocenters. The van der Waals surface area contributed by atoms with E-state index in [9.17, 15) is 5.11 Å². The van der Waals surface area contributed by atoms with Crippen LogP contribution < -0.4 is 10.2 Å². The van der Waals surface area contributed by atoms with Crippen LogP contribution >= 0.6 is 23.8 Å². The number of rotatable bonds is 3. The van der Waals surface area contributed by atoms with Crippen molar-refractivity contribution in [3.63, 3.8) is 0 Å².